The van der Waals surface area contributed by atoms with Crippen LogP contribution in [0.15, 0.2) is 53.9 Å². The monoisotopic (exact) mass is 294 g/mol. The Bertz CT molecular complexity index is 729. The number of nitrogens with two attached hydrogens (primary N) is 1. The molecule has 2 aromatic carbocycles. The van der Waals surface area contributed by atoms with Gasteiger partial charge in [-0.25, -0.2) is 4.98 Å². The van der Waals surface area contributed by atoms with E-state index in [0.717, 1.165) is 28.2 Å². The van der Waals surface area contributed by atoms with E-state index >= 15 is 0 Å². The highest BCUT2D eigenvalue weighted by atomic mass is 32.1. The van der Waals surface area contributed by atoms with E-state index in [4.69, 9.17) is 10.7 Å². The number of thiazole rings is 1. The average molecular weight is 294 g/mol. The molecule has 0 aliphatic carbocycles. The van der Waals surface area contributed by atoms with Gasteiger partial charge in [-0.2, -0.15) is 0 Å². The molecule has 106 valence electrons. The zero-order chi connectivity index (χ0) is 14.7. The third-order valence-corrected chi connectivity index (χ3v) is 4.33. The quantitative estimate of drug-likeness (QED) is 0.784. The number of benzene rings is 2. The van der Waals surface area contributed by atoms with Crippen LogP contribution in [0.3, 0.4) is 0 Å². The highest BCUT2D eigenvalue weighted by Crippen LogP contribution is 2.24. The van der Waals surface area contributed by atoms with Gasteiger partial charge in [0.25, 0.3) is 0 Å². The fraction of sp³-hybridized carbons (Fsp3) is 0.167. The Morgan fingerprint density at radius 3 is 2.62 bits per heavy atom. The Morgan fingerprint density at radius 1 is 1.05 bits per heavy atom. The lowest BCUT2D eigenvalue weighted by Gasteiger charge is -2.01. The van der Waals surface area contributed by atoms with Crippen molar-refractivity contribution in [1.29, 1.82) is 0 Å². The molecule has 0 amide bonds. The molecule has 3 rings (SSSR count). The van der Waals surface area contributed by atoms with E-state index in [1.807, 2.05) is 12.1 Å². The summed E-state index contributed by atoms with van der Waals surface area (Å²) in [4.78, 5) is 4.75. The normalized spacial score (nSPS) is 10.8. The second-order valence-corrected chi connectivity index (χ2v) is 6.14. The number of hydrogen-bond donors (Lipinski definition) is 1. The van der Waals surface area contributed by atoms with E-state index in [9.17, 15) is 0 Å². The maximum Gasteiger partial charge on any atom is 0.0976 e. The smallest absolute Gasteiger partial charge is 0.0976 e. The maximum absolute atomic E-state index is 5.70. The van der Waals surface area contributed by atoms with Crippen LogP contribution in [0, 0.1) is 6.92 Å². The molecule has 3 aromatic rings. The molecule has 0 atom stereocenters. The molecule has 0 radical (unpaired) electrons. The SMILES string of the molecule is Cc1ccc(Cc2nc(-c3cccc(CN)c3)cs2)cc1. The number of hydrogen-bond acceptors (Lipinski definition) is 3. The van der Waals surface area contributed by atoms with Gasteiger partial charge in [-0.15, -0.1) is 11.3 Å². The molecule has 0 spiro atoms. The van der Waals surface area contributed by atoms with Gasteiger partial charge in [0.1, 0.15) is 0 Å². The van der Waals surface area contributed by atoms with Crippen LogP contribution < -0.4 is 5.73 Å². The first kappa shape index (κ1) is 14.0. The summed E-state index contributed by atoms with van der Waals surface area (Å²) in [6, 6.07) is 16.9. The molecule has 0 aliphatic rings. The first-order valence-electron chi connectivity index (χ1n) is 7.04. The summed E-state index contributed by atoms with van der Waals surface area (Å²) in [5, 5.41) is 3.27. The van der Waals surface area contributed by atoms with Crippen molar-refractivity contribution in [3.05, 3.63) is 75.6 Å². The second-order valence-electron chi connectivity index (χ2n) is 5.19. The van der Waals surface area contributed by atoms with Gasteiger partial charge in [-0.1, -0.05) is 48.0 Å². The fourth-order valence-corrected chi connectivity index (χ4v) is 3.10. The largest absolute Gasteiger partial charge is 0.326 e. The minimum atomic E-state index is 0.564. The summed E-state index contributed by atoms with van der Waals surface area (Å²) in [5.74, 6) is 0. The van der Waals surface area contributed by atoms with E-state index in [1.165, 1.54) is 11.1 Å². The molecule has 0 bridgehead atoms. The Morgan fingerprint density at radius 2 is 1.86 bits per heavy atom. The summed E-state index contributed by atoms with van der Waals surface area (Å²) in [7, 11) is 0. The first-order chi connectivity index (χ1) is 10.2. The highest BCUT2D eigenvalue weighted by molar-refractivity contribution is 7.10. The molecule has 0 fully saturated rings. The molecule has 1 aromatic heterocycles. The molecule has 1 heterocycles. The number of rotatable bonds is 4. The van der Waals surface area contributed by atoms with Crippen molar-refractivity contribution in [2.45, 2.75) is 19.9 Å². The van der Waals surface area contributed by atoms with Gasteiger partial charge < -0.3 is 5.73 Å². The lowest BCUT2D eigenvalue weighted by molar-refractivity contribution is 1.07. The van der Waals surface area contributed by atoms with E-state index in [0.29, 0.717) is 6.54 Å². The molecule has 0 unspecified atom stereocenters. The zero-order valence-electron chi connectivity index (χ0n) is 12.0. The molecule has 2 N–H and O–H groups in total. The topological polar surface area (TPSA) is 38.9 Å². The summed E-state index contributed by atoms with van der Waals surface area (Å²) in [5.41, 5.74) is 11.6. The van der Waals surface area contributed by atoms with Crippen molar-refractivity contribution < 1.29 is 0 Å². The molecule has 3 heteroatoms. The molecule has 2 nitrogen and oxygen atoms in total. The summed E-state index contributed by atoms with van der Waals surface area (Å²) >= 11 is 1.71. The van der Waals surface area contributed by atoms with Crippen LogP contribution in [0.4, 0.5) is 0 Å². The highest BCUT2D eigenvalue weighted by Gasteiger charge is 2.06. The summed E-state index contributed by atoms with van der Waals surface area (Å²) in [6.07, 6.45) is 0.890. The number of aryl methyl sites for hydroxylation is 1. The van der Waals surface area contributed by atoms with Gasteiger partial charge in [-0.05, 0) is 24.1 Å². The predicted octanol–water partition coefficient (Wildman–Crippen LogP) is 4.17. The van der Waals surface area contributed by atoms with Crippen molar-refractivity contribution in [2.24, 2.45) is 5.73 Å². The lowest BCUT2D eigenvalue weighted by atomic mass is 10.1. The minimum Gasteiger partial charge on any atom is -0.326 e. The Balaban J connectivity index is 1.81. The van der Waals surface area contributed by atoms with Gasteiger partial charge in [0.15, 0.2) is 0 Å². The third-order valence-electron chi connectivity index (χ3n) is 3.49. The van der Waals surface area contributed by atoms with Crippen molar-refractivity contribution in [3.63, 3.8) is 0 Å². The number of nitrogens with zero attached hydrogens (tertiary/aromatic N) is 1. The number of aromatic nitrogens is 1. The summed E-state index contributed by atoms with van der Waals surface area (Å²) in [6.45, 7) is 2.67. The average Bonchev–Trinajstić information content (AvgIpc) is 2.98. The molecular formula is C18H18N2S. The van der Waals surface area contributed by atoms with Crippen LogP contribution in [-0.4, -0.2) is 4.98 Å². The van der Waals surface area contributed by atoms with Crippen LogP contribution in [-0.2, 0) is 13.0 Å². The fourth-order valence-electron chi connectivity index (χ4n) is 2.26. The van der Waals surface area contributed by atoms with Gasteiger partial charge in [0.05, 0.1) is 10.7 Å². The van der Waals surface area contributed by atoms with Crippen molar-refractivity contribution in [1.82, 2.24) is 4.98 Å². The summed E-state index contributed by atoms with van der Waals surface area (Å²) < 4.78 is 0. The Hall–Kier alpha value is -1.97. The standard InChI is InChI=1S/C18H18N2S/c1-13-5-7-14(8-6-13)10-18-20-17(12-21-18)16-4-2-3-15(9-16)11-19/h2-9,12H,10-11,19H2,1H3. The van der Waals surface area contributed by atoms with E-state index in [1.54, 1.807) is 11.3 Å². The van der Waals surface area contributed by atoms with Gasteiger partial charge >= 0.3 is 0 Å². The second kappa shape index (κ2) is 6.20. The lowest BCUT2D eigenvalue weighted by Crippen LogP contribution is -1.95. The van der Waals surface area contributed by atoms with E-state index in [2.05, 4.69) is 48.7 Å². The van der Waals surface area contributed by atoms with Crippen LogP contribution in [0.1, 0.15) is 21.7 Å². The van der Waals surface area contributed by atoms with Crippen molar-refractivity contribution in [2.75, 3.05) is 0 Å². The first-order valence-corrected chi connectivity index (χ1v) is 7.92. The van der Waals surface area contributed by atoms with Gasteiger partial charge in [0, 0.05) is 23.9 Å². The van der Waals surface area contributed by atoms with Crippen LogP contribution >= 0.6 is 11.3 Å². The molecule has 21 heavy (non-hydrogen) atoms. The molecule has 0 saturated carbocycles. The molecule has 0 aliphatic heterocycles. The van der Waals surface area contributed by atoms with Gasteiger partial charge in [0.2, 0.25) is 0 Å². The molecular weight excluding hydrogens is 276 g/mol. The van der Waals surface area contributed by atoms with Crippen molar-refractivity contribution >= 4 is 11.3 Å². The van der Waals surface area contributed by atoms with Crippen LogP contribution in [0.5, 0.6) is 0 Å². The minimum absolute atomic E-state index is 0.564. The Labute approximate surface area is 129 Å². The van der Waals surface area contributed by atoms with Crippen molar-refractivity contribution in [3.8, 4) is 11.3 Å². The van der Waals surface area contributed by atoms with E-state index < -0.39 is 0 Å². The van der Waals surface area contributed by atoms with Crippen LogP contribution in [0.2, 0.25) is 0 Å². The van der Waals surface area contributed by atoms with Crippen LogP contribution in [0.25, 0.3) is 11.3 Å². The van der Waals surface area contributed by atoms with Gasteiger partial charge in [-0.3, -0.25) is 0 Å². The predicted molar refractivity (Wildman–Crippen MR) is 89.4 cm³/mol. The zero-order valence-corrected chi connectivity index (χ0v) is 12.9. The van der Waals surface area contributed by atoms with E-state index in [-0.39, 0.29) is 0 Å². The third kappa shape index (κ3) is 3.38. The Kier molecular flexibility index (Phi) is 4.13. The maximum atomic E-state index is 5.70. The molecule has 0 saturated heterocycles.